The van der Waals surface area contributed by atoms with Crippen LogP contribution in [0.3, 0.4) is 0 Å². The molecule has 0 bridgehead atoms. The molecular weight excluding hydrogens is 396 g/mol. The van der Waals surface area contributed by atoms with Crippen molar-refractivity contribution >= 4 is 17.5 Å². The molecular formula is C23H20N4O4. The van der Waals surface area contributed by atoms with E-state index in [9.17, 15) is 14.9 Å². The maximum Gasteiger partial charge on any atom is 0.312 e. The molecule has 0 aliphatic heterocycles. The van der Waals surface area contributed by atoms with Gasteiger partial charge in [-0.1, -0.05) is 12.1 Å². The van der Waals surface area contributed by atoms with Crippen molar-refractivity contribution in [1.29, 1.82) is 0 Å². The first-order valence-corrected chi connectivity index (χ1v) is 9.65. The minimum atomic E-state index is -0.429. The maximum absolute atomic E-state index is 12.6. The molecule has 0 unspecified atom stereocenters. The lowest BCUT2D eigenvalue weighted by atomic mass is 10.1. The van der Waals surface area contributed by atoms with Crippen molar-refractivity contribution in [2.45, 2.75) is 20.4 Å². The molecule has 0 saturated carbocycles. The summed E-state index contributed by atoms with van der Waals surface area (Å²) in [4.78, 5) is 23.3. The molecule has 0 N–H and O–H groups in total. The second-order valence-corrected chi connectivity index (χ2v) is 7.08. The Hall–Kier alpha value is -4.20. The number of rotatable bonds is 7. The zero-order chi connectivity index (χ0) is 22.0. The molecule has 0 radical (unpaired) electrons. The van der Waals surface area contributed by atoms with E-state index in [0.717, 1.165) is 5.69 Å². The normalized spacial score (nSPS) is 11.3. The van der Waals surface area contributed by atoms with Gasteiger partial charge < -0.3 is 8.98 Å². The van der Waals surface area contributed by atoms with Crippen molar-refractivity contribution < 1.29 is 14.1 Å². The fourth-order valence-electron chi connectivity index (χ4n) is 3.40. The predicted octanol–water partition coefficient (Wildman–Crippen LogP) is 4.74. The number of aromatic nitrogens is 3. The summed E-state index contributed by atoms with van der Waals surface area (Å²) < 4.78 is 9.22. The maximum atomic E-state index is 12.6. The third-order valence-corrected chi connectivity index (χ3v) is 4.95. The van der Waals surface area contributed by atoms with E-state index in [-0.39, 0.29) is 18.0 Å². The monoisotopic (exact) mass is 416 g/mol. The van der Waals surface area contributed by atoms with Crippen LogP contribution in [0.15, 0.2) is 71.4 Å². The summed E-state index contributed by atoms with van der Waals surface area (Å²) in [6.45, 7) is 3.53. The van der Waals surface area contributed by atoms with E-state index < -0.39 is 4.92 Å². The first-order valence-electron chi connectivity index (χ1n) is 9.65. The van der Waals surface area contributed by atoms with E-state index in [1.807, 2.05) is 47.3 Å². The summed E-state index contributed by atoms with van der Waals surface area (Å²) in [5.74, 6) is 0.962. The SMILES string of the molecule is Cc1nn(Cc2ccc(/C=C/C(=O)c3cccc(-n4cccc4)c3)o2)c(C)c1[N+](=O)[O-]. The fourth-order valence-corrected chi connectivity index (χ4v) is 3.40. The first-order chi connectivity index (χ1) is 14.9. The lowest BCUT2D eigenvalue weighted by Crippen LogP contribution is -2.03. The predicted molar refractivity (Wildman–Crippen MR) is 115 cm³/mol. The second kappa shape index (κ2) is 8.27. The molecule has 0 amide bonds. The van der Waals surface area contributed by atoms with Gasteiger partial charge in [-0.3, -0.25) is 19.6 Å². The third-order valence-electron chi connectivity index (χ3n) is 4.95. The summed E-state index contributed by atoms with van der Waals surface area (Å²) in [6.07, 6.45) is 6.91. The summed E-state index contributed by atoms with van der Waals surface area (Å²) in [7, 11) is 0. The Morgan fingerprint density at radius 1 is 1.16 bits per heavy atom. The highest BCUT2D eigenvalue weighted by atomic mass is 16.6. The molecule has 0 saturated heterocycles. The highest BCUT2D eigenvalue weighted by Gasteiger charge is 2.22. The van der Waals surface area contributed by atoms with Crippen molar-refractivity contribution in [1.82, 2.24) is 14.3 Å². The number of aryl methyl sites for hydroxylation is 1. The van der Waals surface area contributed by atoms with Crippen LogP contribution in [0.25, 0.3) is 11.8 Å². The first kappa shape index (κ1) is 20.1. The van der Waals surface area contributed by atoms with Crippen LogP contribution in [-0.2, 0) is 6.54 Å². The van der Waals surface area contributed by atoms with Crippen LogP contribution in [0.2, 0.25) is 0 Å². The van der Waals surface area contributed by atoms with E-state index in [4.69, 9.17) is 4.42 Å². The molecule has 0 fully saturated rings. The van der Waals surface area contributed by atoms with Crippen molar-refractivity contribution in [2.24, 2.45) is 0 Å². The van der Waals surface area contributed by atoms with Gasteiger partial charge in [-0.05, 0) is 62.4 Å². The van der Waals surface area contributed by atoms with Gasteiger partial charge in [0, 0.05) is 23.6 Å². The number of nitro groups is 1. The molecule has 1 aromatic carbocycles. The van der Waals surface area contributed by atoms with Gasteiger partial charge in [0.25, 0.3) is 0 Å². The van der Waals surface area contributed by atoms with Crippen LogP contribution < -0.4 is 0 Å². The van der Waals surface area contributed by atoms with Crippen LogP contribution >= 0.6 is 0 Å². The average Bonchev–Trinajstić information content (AvgIpc) is 3.48. The number of hydrogen-bond acceptors (Lipinski definition) is 5. The van der Waals surface area contributed by atoms with Gasteiger partial charge in [-0.25, -0.2) is 0 Å². The Kier molecular flexibility index (Phi) is 5.36. The molecule has 0 aliphatic carbocycles. The number of carbonyl (C=O) groups excluding carboxylic acids is 1. The van der Waals surface area contributed by atoms with E-state index >= 15 is 0 Å². The van der Waals surface area contributed by atoms with Gasteiger partial charge in [0.1, 0.15) is 22.9 Å². The van der Waals surface area contributed by atoms with Gasteiger partial charge in [0.2, 0.25) is 0 Å². The molecule has 8 nitrogen and oxygen atoms in total. The molecule has 8 heteroatoms. The average molecular weight is 416 g/mol. The topological polar surface area (TPSA) is 96.1 Å². The number of allylic oxidation sites excluding steroid dienone is 1. The number of benzene rings is 1. The lowest BCUT2D eigenvalue weighted by Gasteiger charge is -2.04. The van der Waals surface area contributed by atoms with Gasteiger partial charge in [-0.2, -0.15) is 5.10 Å². The molecule has 0 aliphatic rings. The fraction of sp³-hybridized carbons (Fsp3) is 0.130. The van der Waals surface area contributed by atoms with E-state index in [2.05, 4.69) is 5.10 Å². The molecule has 0 atom stereocenters. The molecule has 4 rings (SSSR count). The van der Waals surface area contributed by atoms with Crippen molar-refractivity contribution in [3.63, 3.8) is 0 Å². The third kappa shape index (κ3) is 4.23. The summed E-state index contributed by atoms with van der Waals surface area (Å²) in [6, 6.07) is 14.7. The Morgan fingerprint density at radius 2 is 1.94 bits per heavy atom. The zero-order valence-electron chi connectivity index (χ0n) is 17.1. The number of hydrogen-bond donors (Lipinski definition) is 0. The number of nitrogens with zero attached hydrogens (tertiary/aromatic N) is 4. The van der Waals surface area contributed by atoms with Gasteiger partial charge in [-0.15, -0.1) is 0 Å². The van der Waals surface area contributed by atoms with E-state index in [1.54, 1.807) is 38.1 Å². The summed E-state index contributed by atoms with van der Waals surface area (Å²) >= 11 is 0. The summed E-state index contributed by atoms with van der Waals surface area (Å²) in [5.41, 5.74) is 2.32. The van der Waals surface area contributed by atoms with E-state index in [0.29, 0.717) is 28.5 Å². The zero-order valence-corrected chi connectivity index (χ0v) is 17.1. The van der Waals surface area contributed by atoms with Crippen LogP contribution in [0, 0.1) is 24.0 Å². The largest absolute Gasteiger partial charge is 0.460 e. The van der Waals surface area contributed by atoms with Crippen LogP contribution in [0.5, 0.6) is 0 Å². The Balaban J connectivity index is 1.47. The molecule has 3 aromatic heterocycles. The van der Waals surface area contributed by atoms with Crippen LogP contribution in [0.4, 0.5) is 5.69 Å². The number of ketones is 1. The molecule has 156 valence electrons. The Morgan fingerprint density at radius 3 is 2.65 bits per heavy atom. The smallest absolute Gasteiger partial charge is 0.312 e. The van der Waals surface area contributed by atoms with Gasteiger partial charge in [0.15, 0.2) is 5.78 Å². The van der Waals surface area contributed by atoms with Crippen molar-refractivity contribution in [2.75, 3.05) is 0 Å². The van der Waals surface area contributed by atoms with Crippen molar-refractivity contribution in [3.8, 4) is 5.69 Å². The Bertz CT molecular complexity index is 1280. The summed E-state index contributed by atoms with van der Waals surface area (Å²) in [5, 5.41) is 15.4. The van der Waals surface area contributed by atoms with Crippen LogP contribution in [0.1, 0.15) is 33.3 Å². The molecule has 0 spiro atoms. The quantitative estimate of drug-likeness (QED) is 0.188. The molecule has 31 heavy (non-hydrogen) atoms. The van der Waals surface area contributed by atoms with Crippen molar-refractivity contribution in [3.05, 3.63) is 106 Å². The van der Waals surface area contributed by atoms with E-state index in [1.165, 1.54) is 10.8 Å². The molecule has 3 heterocycles. The highest BCUT2D eigenvalue weighted by Crippen LogP contribution is 2.23. The van der Waals surface area contributed by atoms with Gasteiger partial charge >= 0.3 is 5.69 Å². The second-order valence-electron chi connectivity index (χ2n) is 7.08. The molecule has 4 aromatic rings. The Labute approximate surface area is 178 Å². The number of furan rings is 1. The van der Waals surface area contributed by atoms with Crippen LogP contribution in [-0.4, -0.2) is 25.1 Å². The van der Waals surface area contributed by atoms with Gasteiger partial charge in [0.05, 0.1) is 11.5 Å². The standard InChI is InChI=1S/C23H20N4O4/c1-16-23(27(29)30)17(2)26(24-16)15-21-9-8-20(31-21)10-11-22(28)18-6-5-7-19(14-18)25-12-3-4-13-25/h3-14H,15H2,1-2H3/b11-10+. The lowest BCUT2D eigenvalue weighted by molar-refractivity contribution is -0.386. The minimum Gasteiger partial charge on any atom is -0.460 e. The minimum absolute atomic E-state index is 0.0133. The number of carbonyl (C=O) groups is 1. The highest BCUT2D eigenvalue weighted by molar-refractivity contribution is 6.07.